The Morgan fingerprint density at radius 1 is 1.36 bits per heavy atom. The lowest BCUT2D eigenvalue weighted by atomic mass is 10.1. The van der Waals surface area contributed by atoms with Gasteiger partial charge in [-0.15, -0.1) is 6.58 Å². The van der Waals surface area contributed by atoms with E-state index in [0.717, 1.165) is 6.42 Å². The summed E-state index contributed by atoms with van der Waals surface area (Å²) in [4.78, 5) is 0. The lowest BCUT2D eigenvalue weighted by Crippen LogP contribution is -2.28. The van der Waals surface area contributed by atoms with Crippen LogP contribution in [0.3, 0.4) is 0 Å². The third kappa shape index (κ3) is 4.21. The van der Waals surface area contributed by atoms with Gasteiger partial charge in [0.15, 0.2) is 0 Å². The molecule has 1 aromatic rings. The third-order valence-corrected chi connectivity index (χ3v) is 1.91. The summed E-state index contributed by atoms with van der Waals surface area (Å²) in [7, 11) is 0. The highest BCUT2D eigenvalue weighted by Crippen LogP contribution is 2.01. The zero-order chi connectivity index (χ0) is 10.2. The maximum Gasteiger partial charge on any atom is 0.0645 e. The lowest BCUT2D eigenvalue weighted by Gasteiger charge is -2.11. The van der Waals surface area contributed by atoms with E-state index in [2.05, 4.69) is 18.7 Å². The van der Waals surface area contributed by atoms with Crippen LogP contribution in [-0.2, 0) is 11.2 Å². The molecule has 14 heavy (non-hydrogen) atoms. The van der Waals surface area contributed by atoms with E-state index in [9.17, 15) is 0 Å². The molecule has 0 radical (unpaired) electrons. The van der Waals surface area contributed by atoms with Crippen molar-refractivity contribution in [3.05, 3.63) is 48.6 Å². The molecule has 2 N–H and O–H groups in total. The Balaban J connectivity index is 2.26. The second-order valence-electron chi connectivity index (χ2n) is 3.28. The number of rotatable bonds is 6. The minimum absolute atomic E-state index is 0.0670. The number of hydrogen-bond donors (Lipinski definition) is 1. The van der Waals surface area contributed by atoms with Crippen LogP contribution in [0.4, 0.5) is 0 Å². The monoisotopic (exact) mass is 191 g/mol. The fourth-order valence-corrected chi connectivity index (χ4v) is 1.28. The SMILES string of the molecule is C=CCOC[C@@H](N)Cc1ccccc1. The first-order chi connectivity index (χ1) is 6.83. The number of ether oxygens (including phenoxy) is 1. The second-order valence-corrected chi connectivity index (χ2v) is 3.28. The van der Waals surface area contributed by atoms with Crippen molar-refractivity contribution in [3.8, 4) is 0 Å². The molecule has 0 bridgehead atoms. The van der Waals surface area contributed by atoms with Crippen LogP contribution in [0.15, 0.2) is 43.0 Å². The van der Waals surface area contributed by atoms with Crippen LogP contribution in [-0.4, -0.2) is 19.3 Å². The van der Waals surface area contributed by atoms with Crippen molar-refractivity contribution in [2.24, 2.45) is 5.73 Å². The van der Waals surface area contributed by atoms with Crippen molar-refractivity contribution in [3.63, 3.8) is 0 Å². The van der Waals surface area contributed by atoms with E-state index < -0.39 is 0 Å². The molecule has 0 saturated carbocycles. The van der Waals surface area contributed by atoms with Gasteiger partial charge in [-0.1, -0.05) is 36.4 Å². The summed E-state index contributed by atoms with van der Waals surface area (Å²) >= 11 is 0. The largest absolute Gasteiger partial charge is 0.376 e. The summed E-state index contributed by atoms with van der Waals surface area (Å²) in [5.74, 6) is 0. The summed E-state index contributed by atoms with van der Waals surface area (Å²) in [5, 5.41) is 0. The van der Waals surface area contributed by atoms with Crippen LogP contribution in [0.25, 0.3) is 0 Å². The lowest BCUT2D eigenvalue weighted by molar-refractivity contribution is 0.147. The molecule has 1 rings (SSSR count). The predicted molar refractivity (Wildman–Crippen MR) is 59.1 cm³/mol. The van der Waals surface area contributed by atoms with E-state index in [4.69, 9.17) is 10.5 Å². The third-order valence-electron chi connectivity index (χ3n) is 1.91. The molecular formula is C12H17NO. The molecule has 2 nitrogen and oxygen atoms in total. The van der Waals surface area contributed by atoms with Gasteiger partial charge >= 0.3 is 0 Å². The van der Waals surface area contributed by atoms with Crippen molar-refractivity contribution >= 4 is 0 Å². The topological polar surface area (TPSA) is 35.2 Å². The molecule has 1 aromatic carbocycles. The van der Waals surface area contributed by atoms with Crippen molar-refractivity contribution in [1.82, 2.24) is 0 Å². The summed E-state index contributed by atoms with van der Waals surface area (Å²) in [6.07, 6.45) is 2.59. The van der Waals surface area contributed by atoms with Gasteiger partial charge in [-0.25, -0.2) is 0 Å². The molecule has 1 atom stereocenters. The Labute approximate surface area is 85.4 Å². The van der Waals surface area contributed by atoms with Gasteiger partial charge in [0.05, 0.1) is 13.2 Å². The Hall–Kier alpha value is -1.12. The fraction of sp³-hybridized carbons (Fsp3) is 0.333. The van der Waals surface area contributed by atoms with Crippen molar-refractivity contribution < 1.29 is 4.74 Å². The van der Waals surface area contributed by atoms with Gasteiger partial charge in [-0.05, 0) is 12.0 Å². The average molecular weight is 191 g/mol. The van der Waals surface area contributed by atoms with Crippen LogP contribution in [0.2, 0.25) is 0 Å². The van der Waals surface area contributed by atoms with Crippen LogP contribution in [0, 0.1) is 0 Å². The molecule has 0 aliphatic carbocycles. The van der Waals surface area contributed by atoms with E-state index in [-0.39, 0.29) is 6.04 Å². The molecule has 0 aliphatic rings. The maximum absolute atomic E-state index is 5.89. The zero-order valence-electron chi connectivity index (χ0n) is 8.36. The molecular weight excluding hydrogens is 174 g/mol. The summed E-state index contributed by atoms with van der Waals surface area (Å²) in [6, 6.07) is 10.3. The summed E-state index contributed by atoms with van der Waals surface area (Å²) < 4.78 is 5.27. The molecule has 0 spiro atoms. The maximum atomic E-state index is 5.89. The van der Waals surface area contributed by atoms with Gasteiger partial charge in [0.2, 0.25) is 0 Å². The van der Waals surface area contributed by atoms with E-state index in [1.807, 2.05) is 18.2 Å². The number of hydrogen-bond acceptors (Lipinski definition) is 2. The first-order valence-corrected chi connectivity index (χ1v) is 4.81. The van der Waals surface area contributed by atoms with Gasteiger partial charge in [-0.3, -0.25) is 0 Å². The van der Waals surface area contributed by atoms with E-state index in [0.29, 0.717) is 13.2 Å². The van der Waals surface area contributed by atoms with Crippen molar-refractivity contribution in [2.45, 2.75) is 12.5 Å². The molecule has 0 aliphatic heterocycles. The first kappa shape index (κ1) is 11.0. The van der Waals surface area contributed by atoms with Gasteiger partial charge in [0.1, 0.15) is 0 Å². The first-order valence-electron chi connectivity index (χ1n) is 4.81. The Kier molecular flexibility index (Phi) is 4.97. The number of benzene rings is 1. The van der Waals surface area contributed by atoms with E-state index in [1.54, 1.807) is 6.08 Å². The Bertz CT molecular complexity index is 258. The van der Waals surface area contributed by atoms with Gasteiger partial charge < -0.3 is 10.5 Å². The molecule has 0 heterocycles. The van der Waals surface area contributed by atoms with Crippen LogP contribution < -0.4 is 5.73 Å². The highest BCUT2D eigenvalue weighted by atomic mass is 16.5. The average Bonchev–Trinajstić information content (AvgIpc) is 2.20. The molecule has 0 unspecified atom stereocenters. The Morgan fingerprint density at radius 2 is 2.07 bits per heavy atom. The normalized spacial score (nSPS) is 12.4. The van der Waals surface area contributed by atoms with E-state index in [1.165, 1.54) is 5.56 Å². The minimum atomic E-state index is 0.0670. The fourth-order valence-electron chi connectivity index (χ4n) is 1.28. The molecule has 76 valence electrons. The minimum Gasteiger partial charge on any atom is -0.376 e. The highest BCUT2D eigenvalue weighted by molar-refractivity contribution is 5.15. The molecule has 0 fully saturated rings. The van der Waals surface area contributed by atoms with Crippen molar-refractivity contribution in [1.29, 1.82) is 0 Å². The number of nitrogens with two attached hydrogens (primary N) is 1. The van der Waals surface area contributed by atoms with Gasteiger partial charge in [-0.2, -0.15) is 0 Å². The summed E-state index contributed by atoms with van der Waals surface area (Å²) in [5.41, 5.74) is 7.14. The molecule has 0 aromatic heterocycles. The zero-order valence-corrected chi connectivity index (χ0v) is 8.36. The molecule has 0 saturated heterocycles. The molecule has 0 amide bonds. The van der Waals surface area contributed by atoms with Crippen molar-refractivity contribution in [2.75, 3.05) is 13.2 Å². The Morgan fingerprint density at radius 3 is 2.71 bits per heavy atom. The molecule has 2 heteroatoms. The van der Waals surface area contributed by atoms with Crippen LogP contribution in [0.5, 0.6) is 0 Å². The highest BCUT2D eigenvalue weighted by Gasteiger charge is 2.02. The van der Waals surface area contributed by atoms with E-state index >= 15 is 0 Å². The second kappa shape index (κ2) is 6.35. The van der Waals surface area contributed by atoms with Crippen LogP contribution >= 0.6 is 0 Å². The van der Waals surface area contributed by atoms with Gasteiger partial charge in [0, 0.05) is 6.04 Å². The smallest absolute Gasteiger partial charge is 0.0645 e. The quantitative estimate of drug-likeness (QED) is 0.549. The van der Waals surface area contributed by atoms with Gasteiger partial charge in [0.25, 0.3) is 0 Å². The summed E-state index contributed by atoms with van der Waals surface area (Å²) in [6.45, 7) is 4.73. The standard InChI is InChI=1S/C12H17NO/c1-2-8-14-10-12(13)9-11-6-4-3-5-7-11/h2-7,12H,1,8-10,13H2/t12-/m0/s1. The predicted octanol–water partition coefficient (Wildman–Crippen LogP) is 1.76. The van der Waals surface area contributed by atoms with Crippen LogP contribution in [0.1, 0.15) is 5.56 Å².